The van der Waals surface area contributed by atoms with Crippen LogP contribution < -0.4 is 10.1 Å². The molecule has 0 saturated carbocycles. The van der Waals surface area contributed by atoms with E-state index in [0.29, 0.717) is 24.7 Å². The number of aromatic nitrogens is 1. The van der Waals surface area contributed by atoms with Crippen molar-refractivity contribution in [1.29, 1.82) is 0 Å². The highest BCUT2D eigenvalue weighted by Gasteiger charge is 2.18. The molecule has 6 heteroatoms. The molecule has 5 nitrogen and oxygen atoms in total. The van der Waals surface area contributed by atoms with Crippen molar-refractivity contribution in [3.05, 3.63) is 52.6 Å². The molecule has 1 fully saturated rings. The van der Waals surface area contributed by atoms with E-state index in [2.05, 4.69) is 26.2 Å². The number of anilines is 1. The summed E-state index contributed by atoms with van der Waals surface area (Å²) in [6.07, 6.45) is 2.42. The topological polar surface area (TPSA) is 60.5 Å². The Kier molecular flexibility index (Phi) is 4.70. The third-order valence-corrected chi connectivity index (χ3v) is 3.75. The van der Waals surface area contributed by atoms with E-state index in [1.807, 2.05) is 24.3 Å². The molecule has 2 heterocycles. The van der Waals surface area contributed by atoms with Crippen LogP contribution in [0.25, 0.3) is 0 Å². The van der Waals surface area contributed by atoms with Gasteiger partial charge in [0.05, 0.1) is 13.2 Å². The molecule has 1 aliphatic heterocycles. The molecule has 1 unspecified atom stereocenters. The van der Waals surface area contributed by atoms with Crippen molar-refractivity contribution in [2.45, 2.75) is 12.5 Å². The fourth-order valence-corrected chi connectivity index (χ4v) is 2.56. The zero-order chi connectivity index (χ0) is 15.4. The zero-order valence-corrected chi connectivity index (χ0v) is 13.4. The molecule has 0 spiro atoms. The van der Waals surface area contributed by atoms with Gasteiger partial charge in [-0.05, 0) is 24.3 Å². The number of rotatable bonds is 4. The number of halogens is 1. The number of carbonyl (C=O) groups is 1. The highest BCUT2D eigenvalue weighted by atomic mass is 79.9. The van der Waals surface area contributed by atoms with Gasteiger partial charge < -0.3 is 14.8 Å². The Hall–Kier alpha value is -1.92. The second kappa shape index (κ2) is 6.89. The van der Waals surface area contributed by atoms with Crippen molar-refractivity contribution >= 4 is 27.5 Å². The van der Waals surface area contributed by atoms with Crippen molar-refractivity contribution < 1.29 is 14.3 Å². The molecular weight excluding hydrogens is 348 g/mol. The molecular formula is C16H15BrN2O3. The van der Waals surface area contributed by atoms with Gasteiger partial charge in [-0.15, -0.1) is 0 Å². The Balaban J connectivity index is 1.69. The van der Waals surface area contributed by atoms with Crippen LogP contribution in [0.5, 0.6) is 5.88 Å². The maximum Gasteiger partial charge on any atom is 0.255 e. The van der Waals surface area contributed by atoms with Gasteiger partial charge in [0.15, 0.2) is 0 Å². The van der Waals surface area contributed by atoms with Gasteiger partial charge in [0.2, 0.25) is 5.88 Å². The van der Waals surface area contributed by atoms with Gasteiger partial charge >= 0.3 is 0 Å². The molecule has 2 aromatic rings. The van der Waals surface area contributed by atoms with Gasteiger partial charge in [-0.25, -0.2) is 4.98 Å². The Morgan fingerprint density at radius 2 is 2.27 bits per heavy atom. The largest absolute Gasteiger partial charge is 0.472 e. The third kappa shape index (κ3) is 3.84. The Labute approximate surface area is 136 Å². The quantitative estimate of drug-likeness (QED) is 0.906. The van der Waals surface area contributed by atoms with E-state index < -0.39 is 0 Å². The Morgan fingerprint density at radius 3 is 3.05 bits per heavy atom. The van der Waals surface area contributed by atoms with Crippen LogP contribution in [0, 0.1) is 0 Å². The molecule has 0 aliphatic carbocycles. The van der Waals surface area contributed by atoms with Crippen LogP contribution in [-0.4, -0.2) is 30.2 Å². The average Bonchev–Trinajstić information content (AvgIpc) is 3.00. The van der Waals surface area contributed by atoms with Crippen LogP contribution in [-0.2, 0) is 4.74 Å². The maximum absolute atomic E-state index is 12.3. The van der Waals surface area contributed by atoms with Crippen LogP contribution in [0.15, 0.2) is 47.1 Å². The molecule has 0 radical (unpaired) electrons. The van der Waals surface area contributed by atoms with Gasteiger partial charge in [0.1, 0.15) is 6.10 Å². The highest BCUT2D eigenvalue weighted by Crippen LogP contribution is 2.19. The summed E-state index contributed by atoms with van der Waals surface area (Å²) in [6, 6.07) is 10.7. The van der Waals surface area contributed by atoms with Crippen LogP contribution in [0.4, 0.5) is 5.69 Å². The van der Waals surface area contributed by atoms with Crippen LogP contribution in [0.3, 0.4) is 0 Å². The first-order valence-electron chi connectivity index (χ1n) is 6.98. The van der Waals surface area contributed by atoms with Gasteiger partial charge in [0, 0.05) is 34.4 Å². The maximum atomic E-state index is 12.3. The molecule has 3 rings (SSSR count). The smallest absolute Gasteiger partial charge is 0.255 e. The summed E-state index contributed by atoms with van der Waals surface area (Å²) in [5, 5.41) is 2.84. The number of benzene rings is 1. The second-order valence-corrected chi connectivity index (χ2v) is 5.87. The summed E-state index contributed by atoms with van der Waals surface area (Å²) in [5.41, 5.74) is 1.23. The fraction of sp³-hybridized carbons (Fsp3) is 0.250. The van der Waals surface area contributed by atoms with Crippen molar-refractivity contribution in [3.8, 4) is 5.88 Å². The lowest BCUT2D eigenvalue weighted by Gasteiger charge is -2.11. The number of hydrogen-bond acceptors (Lipinski definition) is 4. The second-order valence-electron chi connectivity index (χ2n) is 4.95. The number of pyridine rings is 1. The number of nitrogens with one attached hydrogen (secondary N) is 1. The van der Waals surface area contributed by atoms with E-state index in [1.54, 1.807) is 18.3 Å². The normalized spacial score (nSPS) is 17.2. The first kappa shape index (κ1) is 15.0. The number of nitrogens with zero attached hydrogens (tertiary/aromatic N) is 1. The molecule has 22 heavy (non-hydrogen) atoms. The van der Waals surface area contributed by atoms with Crippen LogP contribution in [0.1, 0.15) is 16.8 Å². The predicted octanol–water partition coefficient (Wildman–Crippen LogP) is 3.26. The van der Waals surface area contributed by atoms with E-state index in [4.69, 9.17) is 9.47 Å². The fourth-order valence-electron chi connectivity index (χ4n) is 2.16. The van der Waals surface area contributed by atoms with Crippen molar-refractivity contribution in [1.82, 2.24) is 4.98 Å². The first-order chi connectivity index (χ1) is 10.7. The molecule has 1 N–H and O–H groups in total. The number of amides is 1. The lowest BCUT2D eigenvalue weighted by Crippen LogP contribution is -2.17. The van der Waals surface area contributed by atoms with Crippen molar-refractivity contribution in [3.63, 3.8) is 0 Å². The van der Waals surface area contributed by atoms with Crippen molar-refractivity contribution in [2.24, 2.45) is 0 Å². The summed E-state index contributed by atoms with van der Waals surface area (Å²) in [6.45, 7) is 1.27. The van der Waals surface area contributed by atoms with Gasteiger partial charge in [-0.1, -0.05) is 22.0 Å². The van der Waals surface area contributed by atoms with E-state index >= 15 is 0 Å². The van der Waals surface area contributed by atoms with Crippen LogP contribution >= 0.6 is 15.9 Å². The monoisotopic (exact) mass is 362 g/mol. The molecule has 1 atom stereocenters. The summed E-state index contributed by atoms with van der Waals surface area (Å²) in [4.78, 5) is 16.4. The lowest BCUT2D eigenvalue weighted by atomic mass is 10.2. The standard InChI is InChI=1S/C16H15BrN2O3/c17-12-2-1-3-13(9-12)19-16(20)11-4-6-18-15(8-11)22-14-5-7-21-10-14/h1-4,6,8-9,14H,5,7,10H2,(H,19,20). The van der Waals surface area contributed by atoms with Gasteiger partial charge in [-0.2, -0.15) is 0 Å². The molecule has 1 aromatic heterocycles. The molecule has 0 bridgehead atoms. The summed E-state index contributed by atoms with van der Waals surface area (Å²) < 4.78 is 11.9. The molecule has 1 aromatic carbocycles. The highest BCUT2D eigenvalue weighted by molar-refractivity contribution is 9.10. The van der Waals surface area contributed by atoms with Gasteiger partial charge in [0.25, 0.3) is 5.91 Å². The zero-order valence-electron chi connectivity index (χ0n) is 11.8. The van der Waals surface area contributed by atoms with Crippen LogP contribution in [0.2, 0.25) is 0 Å². The minimum Gasteiger partial charge on any atom is -0.472 e. The van der Waals surface area contributed by atoms with E-state index in [0.717, 1.165) is 16.6 Å². The lowest BCUT2D eigenvalue weighted by molar-refractivity contribution is 0.102. The number of carbonyl (C=O) groups excluding carboxylic acids is 1. The first-order valence-corrected chi connectivity index (χ1v) is 7.77. The summed E-state index contributed by atoms with van der Waals surface area (Å²) in [7, 11) is 0. The van der Waals surface area contributed by atoms with E-state index in [-0.39, 0.29) is 12.0 Å². The number of ether oxygens (including phenoxy) is 2. The Bertz CT molecular complexity index is 672. The summed E-state index contributed by atoms with van der Waals surface area (Å²) in [5.74, 6) is 0.241. The van der Waals surface area contributed by atoms with Crippen molar-refractivity contribution in [2.75, 3.05) is 18.5 Å². The molecule has 1 saturated heterocycles. The van der Waals surface area contributed by atoms with Gasteiger partial charge in [-0.3, -0.25) is 4.79 Å². The minimum absolute atomic E-state index is 0.0101. The predicted molar refractivity (Wildman–Crippen MR) is 86.2 cm³/mol. The molecule has 114 valence electrons. The molecule has 1 aliphatic rings. The average molecular weight is 363 g/mol. The Morgan fingerprint density at radius 1 is 1.36 bits per heavy atom. The molecule has 1 amide bonds. The SMILES string of the molecule is O=C(Nc1cccc(Br)c1)c1ccnc(OC2CCOC2)c1. The minimum atomic E-state index is -0.201. The summed E-state index contributed by atoms with van der Waals surface area (Å²) >= 11 is 3.38. The third-order valence-electron chi connectivity index (χ3n) is 3.25. The van der Waals surface area contributed by atoms with E-state index in [1.165, 1.54) is 0 Å². The number of hydrogen-bond donors (Lipinski definition) is 1. The van der Waals surface area contributed by atoms with E-state index in [9.17, 15) is 4.79 Å².